The van der Waals surface area contributed by atoms with Crippen LogP contribution in [0.4, 0.5) is 0 Å². The van der Waals surface area contributed by atoms with Gasteiger partial charge in [-0.25, -0.2) is 4.79 Å². The van der Waals surface area contributed by atoms with Crippen molar-refractivity contribution in [3.8, 4) is 11.3 Å². The maximum Gasteiger partial charge on any atom is 0.335 e. The number of aromatic carboxylic acids is 1. The van der Waals surface area contributed by atoms with E-state index < -0.39 is 5.97 Å². The van der Waals surface area contributed by atoms with Crippen molar-refractivity contribution in [2.75, 3.05) is 0 Å². The molecule has 0 unspecified atom stereocenters. The van der Waals surface area contributed by atoms with Gasteiger partial charge >= 0.3 is 5.97 Å². The van der Waals surface area contributed by atoms with E-state index in [1.54, 1.807) is 6.07 Å². The van der Waals surface area contributed by atoms with Crippen LogP contribution in [0.3, 0.4) is 0 Å². The van der Waals surface area contributed by atoms with Crippen LogP contribution in [0.1, 0.15) is 15.9 Å². The first kappa shape index (κ1) is 10.4. The lowest BCUT2D eigenvalue weighted by Gasteiger charge is -2.02. The second-order valence-electron chi connectivity index (χ2n) is 3.60. The summed E-state index contributed by atoms with van der Waals surface area (Å²) >= 11 is 0. The van der Waals surface area contributed by atoms with E-state index in [0.717, 1.165) is 11.1 Å². The summed E-state index contributed by atoms with van der Waals surface area (Å²) in [7, 11) is 0. The predicted molar refractivity (Wildman–Crippen MR) is 61.4 cm³/mol. The smallest absolute Gasteiger partial charge is 0.335 e. The van der Waals surface area contributed by atoms with Gasteiger partial charge < -0.3 is 5.11 Å². The number of aromatic nitrogens is 1. The molecular formula is C13H11NO2. The van der Waals surface area contributed by atoms with E-state index in [-0.39, 0.29) is 5.56 Å². The van der Waals surface area contributed by atoms with Crippen LogP contribution in [-0.2, 0) is 0 Å². The van der Waals surface area contributed by atoms with Crippen molar-refractivity contribution in [3.63, 3.8) is 0 Å². The first-order valence-electron chi connectivity index (χ1n) is 4.93. The van der Waals surface area contributed by atoms with E-state index in [1.165, 1.54) is 12.3 Å². The molecule has 1 aromatic heterocycles. The van der Waals surface area contributed by atoms with Gasteiger partial charge in [-0.1, -0.05) is 23.8 Å². The summed E-state index contributed by atoms with van der Waals surface area (Å²) in [6.45, 7) is 1.99. The number of nitrogens with zero attached hydrogens (tertiary/aromatic N) is 1. The zero-order valence-electron chi connectivity index (χ0n) is 8.84. The lowest BCUT2D eigenvalue weighted by Crippen LogP contribution is -1.97. The minimum atomic E-state index is -0.934. The van der Waals surface area contributed by atoms with E-state index >= 15 is 0 Å². The number of hydrogen-bond acceptors (Lipinski definition) is 2. The molecule has 1 N–H and O–H groups in total. The molecular weight excluding hydrogens is 202 g/mol. The molecule has 0 saturated heterocycles. The minimum absolute atomic E-state index is 0.256. The van der Waals surface area contributed by atoms with E-state index in [1.807, 2.05) is 31.2 Å². The molecule has 80 valence electrons. The van der Waals surface area contributed by atoms with Gasteiger partial charge in [0, 0.05) is 11.8 Å². The van der Waals surface area contributed by atoms with Gasteiger partial charge in [-0.05, 0) is 25.1 Å². The number of benzene rings is 1. The van der Waals surface area contributed by atoms with Crippen molar-refractivity contribution < 1.29 is 9.90 Å². The van der Waals surface area contributed by atoms with E-state index in [4.69, 9.17) is 5.11 Å². The van der Waals surface area contributed by atoms with Crippen LogP contribution in [0.15, 0.2) is 42.6 Å². The van der Waals surface area contributed by atoms with Gasteiger partial charge in [0.1, 0.15) is 0 Å². The third kappa shape index (κ3) is 2.08. The molecule has 3 nitrogen and oxygen atoms in total. The number of rotatable bonds is 2. The maximum absolute atomic E-state index is 10.8. The van der Waals surface area contributed by atoms with Crippen molar-refractivity contribution >= 4 is 5.97 Å². The van der Waals surface area contributed by atoms with Crippen molar-refractivity contribution in [1.82, 2.24) is 4.98 Å². The molecule has 0 spiro atoms. The minimum Gasteiger partial charge on any atom is -0.478 e. The maximum atomic E-state index is 10.8. The molecule has 1 aromatic carbocycles. The Kier molecular flexibility index (Phi) is 2.68. The molecule has 0 aliphatic rings. The number of carboxylic acids is 1. The van der Waals surface area contributed by atoms with Crippen LogP contribution in [0.25, 0.3) is 11.3 Å². The van der Waals surface area contributed by atoms with Gasteiger partial charge in [0.15, 0.2) is 0 Å². The van der Waals surface area contributed by atoms with Crippen LogP contribution in [0.5, 0.6) is 0 Å². The number of pyridine rings is 1. The highest BCUT2D eigenvalue weighted by atomic mass is 16.4. The molecule has 0 bridgehead atoms. The fourth-order valence-electron chi connectivity index (χ4n) is 1.53. The van der Waals surface area contributed by atoms with Crippen LogP contribution in [-0.4, -0.2) is 16.1 Å². The zero-order valence-corrected chi connectivity index (χ0v) is 8.84. The van der Waals surface area contributed by atoms with Gasteiger partial charge in [-0.2, -0.15) is 0 Å². The molecule has 2 aromatic rings. The number of carboxylic acid groups (broad SMARTS) is 1. The lowest BCUT2D eigenvalue weighted by molar-refractivity contribution is 0.0697. The number of carbonyl (C=O) groups is 1. The molecule has 2 rings (SSSR count). The lowest BCUT2D eigenvalue weighted by atomic mass is 10.1. The first-order valence-corrected chi connectivity index (χ1v) is 4.93. The Morgan fingerprint density at radius 2 is 2.06 bits per heavy atom. The third-order valence-corrected chi connectivity index (χ3v) is 2.32. The van der Waals surface area contributed by atoms with E-state index in [9.17, 15) is 4.79 Å². The summed E-state index contributed by atoms with van der Waals surface area (Å²) in [4.78, 5) is 15.0. The van der Waals surface area contributed by atoms with Crippen LogP contribution >= 0.6 is 0 Å². The fraction of sp³-hybridized carbons (Fsp3) is 0.0769. The molecule has 0 saturated carbocycles. The molecule has 1 heterocycles. The molecule has 0 aliphatic heterocycles. The Bertz CT molecular complexity index is 535. The average Bonchev–Trinajstić information content (AvgIpc) is 2.29. The molecule has 0 radical (unpaired) electrons. The summed E-state index contributed by atoms with van der Waals surface area (Å²) < 4.78 is 0. The predicted octanol–water partition coefficient (Wildman–Crippen LogP) is 2.76. The molecule has 16 heavy (non-hydrogen) atoms. The summed E-state index contributed by atoms with van der Waals surface area (Å²) in [6, 6.07) is 10.9. The summed E-state index contributed by atoms with van der Waals surface area (Å²) in [5.74, 6) is -0.934. The first-order chi connectivity index (χ1) is 7.66. The number of hydrogen-bond donors (Lipinski definition) is 1. The van der Waals surface area contributed by atoms with Gasteiger partial charge in [-0.3, -0.25) is 4.98 Å². The molecule has 0 atom stereocenters. The zero-order chi connectivity index (χ0) is 11.5. The molecule has 0 fully saturated rings. The highest BCUT2D eigenvalue weighted by molar-refractivity contribution is 5.88. The van der Waals surface area contributed by atoms with Gasteiger partial charge in [0.2, 0.25) is 0 Å². The average molecular weight is 213 g/mol. The van der Waals surface area contributed by atoms with Crippen molar-refractivity contribution in [2.45, 2.75) is 6.92 Å². The van der Waals surface area contributed by atoms with Crippen LogP contribution in [0, 0.1) is 6.92 Å². The topological polar surface area (TPSA) is 50.2 Å². The van der Waals surface area contributed by atoms with E-state index in [0.29, 0.717) is 5.69 Å². The summed E-state index contributed by atoms with van der Waals surface area (Å²) in [5.41, 5.74) is 3.00. The Hall–Kier alpha value is -2.16. The SMILES string of the molecule is Cc1cccc(-c2cc(C(=O)O)ccn2)c1. The summed E-state index contributed by atoms with van der Waals surface area (Å²) in [6.07, 6.45) is 1.52. The Morgan fingerprint density at radius 3 is 2.75 bits per heavy atom. The monoisotopic (exact) mass is 213 g/mol. The van der Waals surface area contributed by atoms with Gasteiger partial charge in [-0.15, -0.1) is 0 Å². The van der Waals surface area contributed by atoms with Gasteiger partial charge in [0.05, 0.1) is 11.3 Å². The highest BCUT2D eigenvalue weighted by Gasteiger charge is 2.05. The fourth-order valence-corrected chi connectivity index (χ4v) is 1.53. The summed E-state index contributed by atoms with van der Waals surface area (Å²) in [5, 5.41) is 8.88. The largest absolute Gasteiger partial charge is 0.478 e. The second kappa shape index (κ2) is 4.14. The third-order valence-electron chi connectivity index (χ3n) is 2.32. The Morgan fingerprint density at radius 1 is 1.25 bits per heavy atom. The van der Waals surface area contributed by atoms with E-state index in [2.05, 4.69) is 4.98 Å². The van der Waals surface area contributed by atoms with Crippen LogP contribution in [0.2, 0.25) is 0 Å². The van der Waals surface area contributed by atoms with Gasteiger partial charge in [0.25, 0.3) is 0 Å². The second-order valence-corrected chi connectivity index (χ2v) is 3.60. The Labute approximate surface area is 93.4 Å². The highest BCUT2D eigenvalue weighted by Crippen LogP contribution is 2.18. The van der Waals surface area contributed by atoms with Crippen LogP contribution < -0.4 is 0 Å². The molecule has 0 aliphatic carbocycles. The molecule has 0 amide bonds. The van der Waals surface area contributed by atoms with Crippen molar-refractivity contribution in [2.24, 2.45) is 0 Å². The van der Waals surface area contributed by atoms with Crippen molar-refractivity contribution in [1.29, 1.82) is 0 Å². The quantitative estimate of drug-likeness (QED) is 0.834. The number of aryl methyl sites for hydroxylation is 1. The molecule has 3 heteroatoms. The normalized spacial score (nSPS) is 10.1. The standard InChI is InChI=1S/C13H11NO2/c1-9-3-2-4-10(7-9)12-8-11(13(15)16)5-6-14-12/h2-8H,1H3,(H,15,16). The van der Waals surface area contributed by atoms with Crippen molar-refractivity contribution in [3.05, 3.63) is 53.7 Å². The Balaban J connectivity index is 2.48.